The molecule has 0 aliphatic heterocycles. The summed E-state index contributed by atoms with van der Waals surface area (Å²) < 4.78 is 1.89. The lowest BCUT2D eigenvalue weighted by atomic mass is 10.2. The molecule has 94 valence electrons. The number of hydrogen-bond acceptors (Lipinski definition) is 3. The van der Waals surface area contributed by atoms with E-state index in [0.29, 0.717) is 6.54 Å². The predicted molar refractivity (Wildman–Crippen MR) is 82.0 cm³/mol. The van der Waals surface area contributed by atoms with Crippen molar-refractivity contribution in [3.63, 3.8) is 0 Å². The number of rotatable bonds is 3. The standard InChI is InChI=1S/C13H13Br2N3/c1-18(11-4-2-3-9(5-11)7-16)13-12(15)6-10(14)8-17-13/h2-6,8H,7,16H2,1H3. The van der Waals surface area contributed by atoms with E-state index in [0.717, 1.165) is 26.0 Å². The van der Waals surface area contributed by atoms with Crippen LogP contribution in [0.2, 0.25) is 0 Å². The molecule has 0 saturated heterocycles. The Morgan fingerprint density at radius 3 is 2.72 bits per heavy atom. The van der Waals surface area contributed by atoms with Gasteiger partial charge in [0, 0.05) is 29.9 Å². The molecular formula is C13H13Br2N3. The van der Waals surface area contributed by atoms with E-state index in [4.69, 9.17) is 5.73 Å². The summed E-state index contributed by atoms with van der Waals surface area (Å²) in [4.78, 5) is 6.43. The summed E-state index contributed by atoms with van der Waals surface area (Å²) >= 11 is 6.92. The molecule has 0 atom stereocenters. The molecule has 0 fully saturated rings. The Morgan fingerprint density at radius 1 is 1.28 bits per heavy atom. The van der Waals surface area contributed by atoms with Crippen LogP contribution >= 0.6 is 31.9 Å². The van der Waals surface area contributed by atoms with Crippen LogP contribution in [-0.4, -0.2) is 12.0 Å². The van der Waals surface area contributed by atoms with E-state index < -0.39 is 0 Å². The maximum absolute atomic E-state index is 5.66. The molecule has 0 bridgehead atoms. The van der Waals surface area contributed by atoms with Crippen LogP contribution in [0.15, 0.2) is 45.5 Å². The molecular weight excluding hydrogens is 358 g/mol. The van der Waals surface area contributed by atoms with Crippen LogP contribution in [0, 0.1) is 0 Å². The summed E-state index contributed by atoms with van der Waals surface area (Å²) in [5.74, 6) is 0.868. The van der Waals surface area contributed by atoms with E-state index in [-0.39, 0.29) is 0 Å². The minimum atomic E-state index is 0.538. The lowest BCUT2D eigenvalue weighted by Crippen LogP contribution is -2.12. The molecule has 0 unspecified atom stereocenters. The fraction of sp³-hybridized carbons (Fsp3) is 0.154. The van der Waals surface area contributed by atoms with E-state index in [1.54, 1.807) is 6.20 Å². The largest absolute Gasteiger partial charge is 0.329 e. The average Bonchev–Trinajstić information content (AvgIpc) is 2.38. The van der Waals surface area contributed by atoms with Gasteiger partial charge in [-0.1, -0.05) is 12.1 Å². The topological polar surface area (TPSA) is 42.1 Å². The van der Waals surface area contributed by atoms with E-state index in [1.807, 2.05) is 36.2 Å². The number of aromatic nitrogens is 1. The van der Waals surface area contributed by atoms with Gasteiger partial charge in [-0.05, 0) is 55.6 Å². The van der Waals surface area contributed by atoms with Gasteiger partial charge in [0.15, 0.2) is 0 Å². The first-order chi connectivity index (χ1) is 8.61. The summed E-state index contributed by atoms with van der Waals surface area (Å²) in [6, 6.07) is 10.1. The third-order valence-corrected chi connectivity index (χ3v) is 3.66. The molecule has 18 heavy (non-hydrogen) atoms. The zero-order valence-corrected chi connectivity index (χ0v) is 13.1. The monoisotopic (exact) mass is 369 g/mol. The lowest BCUT2D eigenvalue weighted by Gasteiger charge is -2.20. The van der Waals surface area contributed by atoms with Gasteiger partial charge in [-0.3, -0.25) is 0 Å². The van der Waals surface area contributed by atoms with Crippen LogP contribution in [-0.2, 0) is 6.54 Å². The van der Waals surface area contributed by atoms with Crippen LogP contribution in [0.1, 0.15) is 5.56 Å². The van der Waals surface area contributed by atoms with Crippen molar-refractivity contribution in [3.05, 3.63) is 51.0 Å². The Morgan fingerprint density at radius 2 is 2.06 bits per heavy atom. The number of nitrogens with two attached hydrogens (primary N) is 1. The second kappa shape index (κ2) is 5.82. The first-order valence-corrected chi connectivity index (χ1v) is 7.04. The fourth-order valence-corrected chi connectivity index (χ4v) is 2.92. The molecule has 1 aromatic heterocycles. The minimum absolute atomic E-state index is 0.538. The highest BCUT2D eigenvalue weighted by molar-refractivity contribution is 9.11. The molecule has 5 heteroatoms. The smallest absolute Gasteiger partial charge is 0.147 e. The summed E-state index contributed by atoms with van der Waals surface area (Å²) in [6.45, 7) is 0.538. The highest BCUT2D eigenvalue weighted by atomic mass is 79.9. The third kappa shape index (κ3) is 2.91. The van der Waals surface area contributed by atoms with E-state index in [9.17, 15) is 0 Å². The Balaban J connectivity index is 2.37. The number of pyridine rings is 1. The summed E-state index contributed by atoms with van der Waals surface area (Å²) in [5, 5.41) is 0. The van der Waals surface area contributed by atoms with Gasteiger partial charge in [-0.25, -0.2) is 4.98 Å². The van der Waals surface area contributed by atoms with Crippen molar-refractivity contribution < 1.29 is 0 Å². The molecule has 1 heterocycles. The molecule has 0 aliphatic rings. The Bertz CT molecular complexity index is 558. The Labute approximate surface area is 123 Å². The Hall–Kier alpha value is -0.910. The molecule has 2 aromatic rings. The first-order valence-electron chi connectivity index (χ1n) is 5.45. The van der Waals surface area contributed by atoms with Gasteiger partial charge in [0.1, 0.15) is 5.82 Å². The summed E-state index contributed by atoms with van der Waals surface area (Å²) in [5.41, 5.74) is 7.83. The second-order valence-corrected chi connectivity index (χ2v) is 5.66. The number of hydrogen-bond donors (Lipinski definition) is 1. The maximum atomic E-state index is 5.66. The second-order valence-electron chi connectivity index (χ2n) is 3.89. The first kappa shape index (κ1) is 13.5. The fourth-order valence-electron chi connectivity index (χ4n) is 1.67. The number of benzene rings is 1. The Kier molecular flexibility index (Phi) is 4.37. The zero-order valence-electron chi connectivity index (χ0n) is 9.90. The van der Waals surface area contributed by atoms with Gasteiger partial charge in [0.05, 0.1) is 4.47 Å². The van der Waals surface area contributed by atoms with Crippen LogP contribution in [0.5, 0.6) is 0 Å². The van der Waals surface area contributed by atoms with Crippen molar-refractivity contribution in [2.75, 3.05) is 11.9 Å². The van der Waals surface area contributed by atoms with E-state index >= 15 is 0 Å². The van der Waals surface area contributed by atoms with Gasteiger partial charge in [0.25, 0.3) is 0 Å². The molecule has 3 nitrogen and oxygen atoms in total. The predicted octanol–water partition coefficient (Wildman–Crippen LogP) is 3.83. The van der Waals surface area contributed by atoms with Crippen molar-refractivity contribution in [1.29, 1.82) is 0 Å². The highest BCUT2D eigenvalue weighted by Crippen LogP contribution is 2.30. The zero-order chi connectivity index (χ0) is 13.1. The average molecular weight is 371 g/mol. The van der Waals surface area contributed by atoms with Crippen molar-refractivity contribution >= 4 is 43.4 Å². The van der Waals surface area contributed by atoms with Crippen LogP contribution in [0.25, 0.3) is 0 Å². The van der Waals surface area contributed by atoms with Crippen LogP contribution < -0.4 is 10.6 Å². The maximum Gasteiger partial charge on any atom is 0.147 e. The molecule has 2 rings (SSSR count). The SMILES string of the molecule is CN(c1cccc(CN)c1)c1ncc(Br)cc1Br. The number of anilines is 2. The van der Waals surface area contributed by atoms with Gasteiger partial charge in [-0.2, -0.15) is 0 Å². The van der Waals surface area contributed by atoms with Crippen LogP contribution in [0.4, 0.5) is 11.5 Å². The highest BCUT2D eigenvalue weighted by Gasteiger charge is 2.10. The van der Waals surface area contributed by atoms with Crippen molar-refractivity contribution in [2.24, 2.45) is 5.73 Å². The van der Waals surface area contributed by atoms with Crippen molar-refractivity contribution in [3.8, 4) is 0 Å². The molecule has 1 aromatic carbocycles. The summed E-state index contributed by atoms with van der Waals surface area (Å²) in [7, 11) is 1.98. The molecule has 0 saturated carbocycles. The molecule has 0 spiro atoms. The molecule has 0 aliphatic carbocycles. The molecule has 2 N–H and O–H groups in total. The number of nitrogens with zero attached hydrogens (tertiary/aromatic N) is 2. The van der Waals surface area contributed by atoms with Crippen molar-refractivity contribution in [2.45, 2.75) is 6.54 Å². The quantitative estimate of drug-likeness (QED) is 0.892. The number of halogens is 2. The van der Waals surface area contributed by atoms with Gasteiger partial charge < -0.3 is 10.6 Å². The van der Waals surface area contributed by atoms with E-state index in [2.05, 4.69) is 42.9 Å². The minimum Gasteiger partial charge on any atom is -0.329 e. The van der Waals surface area contributed by atoms with E-state index in [1.165, 1.54) is 0 Å². The van der Waals surface area contributed by atoms with Crippen molar-refractivity contribution in [1.82, 2.24) is 4.98 Å². The van der Waals surface area contributed by atoms with Gasteiger partial charge in [-0.15, -0.1) is 0 Å². The third-order valence-electron chi connectivity index (χ3n) is 2.64. The lowest BCUT2D eigenvalue weighted by molar-refractivity contribution is 1.06. The van der Waals surface area contributed by atoms with Crippen LogP contribution in [0.3, 0.4) is 0 Å². The molecule has 0 radical (unpaired) electrons. The normalized spacial score (nSPS) is 10.4. The van der Waals surface area contributed by atoms with Gasteiger partial charge >= 0.3 is 0 Å². The molecule has 0 amide bonds. The summed E-state index contributed by atoms with van der Waals surface area (Å²) in [6.07, 6.45) is 1.78. The van der Waals surface area contributed by atoms with Gasteiger partial charge in [0.2, 0.25) is 0 Å².